The Morgan fingerprint density at radius 1 is 1.32 bits per heavy atom. The van der Waals surface area contributed by atoms with Crippen LogP contribution in [0.25, 0.3) is 0 Å². The highest BCUT2D eigenvalue weighted by Gasteiger charge is 2.15. The minimum Gasteiger partial charge on any atom is -0.423 e. The Morgan fingerprint density at radius 3 is 2.84 bits per heavy atom. The van der Waals surface area contributed by atoms with Gasteiger partial charge in [0, 0.05) is 5.56 Å². The third-order valence-corrected chi connectivity index (χ3v) is 2.74. The summed E-state index contributed by atoms with van der Waals surface area (Å²) in [4.78, 5) is 0. The van der Waals surface area contributed by atoms with E-state index in [4.69, 9.17) is 4.42 Å². The monoisotopic (exact) mass is 267 g/mol. The normalized spacial score (nSPS) is 12.6. The van der Waals surface area contributed by atoms with Crippen LogP contribution in [-0.2, 0) is 6.42 Å². The fraction of sp³-hybridized carbons (Fsp3) is 0.385. The van der Waals surface area contributed by atoms with E-state index in [1.165, 1.54) is 12.1 Å². The molecule has 0 saturated carbocycles. The van der Waals surface area contributed by atoms with Crippen LogP contribution in [0.5, 0.6) is 0 Å². The third kappa shape index (κ3) is 3.14. The first-order valence-corrected chi connectivity index (χ1v) is 6.10. The largest absolute Gasteiger partial charge is 0.423 e. The van der Waals surface area contributed by atoms with Gasteiger partial charge >= 0.3 is 0 Å². The molecule has 1 atom stereocenters. The van der Waals surface area contributed by atoms with E-state index in [0.29, 0.717) is 5.89 Å². The van der Waals surface area contributed by atoms with Crippen LogP contribution in [0.15, 0.2) is 22.6 Å². The number of halogens is 2. The molecule has 1 aromatic heterocycles. The van der Waals surface area contributed by atoms with Crippen molar-refractivity contribution >= 4 is 0 Å². The van der Waals surface area contributed by atoms with Crippen molar-refractivity contribution in [2.75, 3.05) is 6.54 Å². The van der Waals surface area contributed by atoms with Crippen molar-refractivity contribution in [1.82, 2.24) is 15.5 Å². The Morgan fingerprint density at radius 2 is 2.11 bits per heavy atom. The molecule has 1 aromatic carbocycles. The van der Waals surface area contributed by atoms with Gasteiger partial charge in [-0.3, -0.25) is 0 Å². The van der Waals surface area contributed by atoms with E-state index < -0.39 is 11.6 Å². The van der Waals surface area contributed by atoms with Gasteiger partial charge in [-0.25, -0.2) is 8.78 Å². The molecule has 6 heteroatoms. The van der Waals surface area contributed by atoms with E-state index >= 15 is 0 Å². The average Bonchev–Trinajstić information content (AvgIpc) is 2.84. The molecule has 0 aliphatic heterocycles. The highest BCUT2D eigenvalue weighted by molar-refractivity contribution is 5.21. The summed E-state index contributed by atoms with van der Waals surface area (Å²) in [6.07, 6.45) is 0.0788. The summed E-state index contributed by atoms with van der Waals surface area (Å²) in [5.74, 6) is -1.04. The summed E-state index contributed by atoms with van der Waals surface area (Å²) >= 11 is 0. The number of nitrogens with one attached hydrogen (secondary N) is 1. The van der Waals surface area contributed by atoms with Crippen molar-refractivity contribution in [2.45, 2.75) is 26.3 Å². The third-order valence-electron chi connectivity index (χ3n) is 2.74. The number of hydrogen-bond acceptors (Lipinski definition) is 4. The van der Waals surface area contributed by atoms with E-state index in [0.717, 1.165) is 12.6 Å². The fourth-order valence-corrected chi connectivity index (χ4v) is 1.75. The molecule has 0 saturated heterocycles. The highest BCUT2D eigenvalue weighted by Crippen LogP contribution is 2.17. The quantitative estimate of drug-likeness (QED) is 0.904. The molecule has 0 spiro atoms. The first-order valence-electron chi connectivity index (χ1n) is 6.10. The second-order valence-corrected chi connectivity index (χ2v) is 4.20. The summed E-state index contributed by atoms with van der Waals surface area (Å²) in [7, 11) is 0. The molecule has 0 aliphatic carbocycles. The lowest BCUT2D eigenvalue weighted by Gasteiger charge is -2.05. The van der Waals surface area contributed by atoms with Crippen molar-refractivity contribution in [3.8, 4) is 0 Å². The van der Waals surface area contributed by atoms with Crippen LogP contribution in [0.4, 0.5) is 8.78 Å². The summed E-state index contributed by atoms with van der Waals surface area (Å²) in [6.45, 7) is 4.64. The van der Waals surface area contributed by atoms with E-state index in [1.807, 2.05) is 13.8 Å². The predicted octanol–water partition coefficient (Wildman–Crippen LogP) is 2.61. The van der Waals surface area contributed by atoms with E-state index in [9.17, 15) is 8.78 Å². The Bertz CT molecular complexity index is 557. The van der Waals surface area contributed by atoms with Gasteiger partial charge in [0.1, 0.15) is 0 Å². The van der Waals surface area contributed by atoms with Crippen molar-refractivity contribution in [1.29, 1.82) is 0 Å². The molecule has 0 bridgehead atoms. The molecule has 102 valence electrons. The van der Waals surface area contributed by atoms with Gasteiger partial charge in [0.25, 0.3) is 0 Å². The molecule has 19 heavy (non-hydrogen) atoms. The van der Waals surface area contributed by atoms with Gasteiger partial charge in [0.2, 0.25) is 11.8 Å². The van der Waals surface area contributed by atoms with Gasteiger partial charge in [-0.05, 0) is 19.5 Å². The van der Waals surface area contributed by atoms with Crippen molar-refractivity contribution in [3.05, 3.63) is 47.2 Å². The number of hydrogen-bond donors (Lipinski definition) is 1. The first-order chi connectivity index (χ1) is 9.11. The van der Waals surface area contributed by atoms with Gasteiger partial charge in [-0.15, -0.1) is 10.2 Å². The standard InChI is InChI=1S/C13H15F2N3O/c1-3-16-8(2)13-18-17-11(19-13)7-9-5-4-6-10(14)12(9)15/h4-6,8,16H,3,7H2,1-2H3. The maximum absolute atomic E-state index is 13.5. The molecule has 0 radical (unpaired) electrons. The molecule has 0 aliphatic rings. The van der Waals surface area contributed by atoms with Crippen molar-refractivity contribution in [3.63, 3.8) is 0 Å². The summed E-state index contributed by atoms with van der Waals surface area (Å²) in [6, 6.07) is 3.96. The average molecular weight is 267 g/mol. The van der Waals surface area contributed by atoms with Crippen LogP contribution in [0.3, 0.4) is 0 Å². The SMILES string of the molecule is CCNC(C)c1nnc(Cc2cccc(F)c2F)o1. The van der Waals surface area contributed by atoms with Gasteiger partial charge in [-0.1, -0.05) is 19.1 Å². The lowest BCUT2D eigenvalue weighted by atomic mass is 10.1. The highest BCUT2D eigenvalue weighted by atomic mass is 19.2. The minimum atomic E-state index is -0.877. The maximum Gasteiger partial charge on any atom is 0.233 e. The van der Waals surface area contributed by atoms with Crippen molar-refractivity contribution < 1.29 is 13.2 Å². The van der Waals surface area contributed by atoms with Gasteiger partial charge in [-0.2, -0.15) is 0 Å². The molecular weight excluding hydrogens is 252 g/mol. The maximum atomic E-state index is 13.5. The summed E-state index contributed by atoms with van der Waals surface area (Å²) in [5.41, 5.74) is 0.200. The fourth-order valence-electron chi connectivity index (χ4n) is 1.75. The Kier molecular flexibility index (Phi) is 4.21. The molecule has 1 unspecified atom stereocenters. The molecular formula is C13H15F2N3O. The molecule has 0 fully saturated rings. The topological polar surface area (TPSA) is 51.0 Å². The van der Waals surface area contributed by atoms with E-state index in [1.54, 1.807) is 0 Å². The molecule has 4 nitrogen and oxygen atoms in total. The lowest BCUT2D eigenvalue weighted by Crippen LogP contribution is -2.17. The van der Waals surface area contributed by atoms with Crippen LogP contribution in [0.1, 0.15) is 37.2 Å². The number of rotatable bonds is 5. The van der Waals surface area contributed by atoms with Crippen LogP contribution in [-0.4, -0.2) is 16.7 Å². The number of aromatic nitrogens is 2. The second-order valence-electron chi connectivity index (χ2n) is 4.20. The van der Waals surface area contributed by atoms with Gasteiger partial charge < -0.3 is 9.73 Å². The van der Waals surface area contributed by atoms with E-state index in [-0.39, 0.29) is 23.9 Å². The second kappa shape index (κ2) is 5.88. The molecule has 1 heterocycles. The molecule has 1 N–H and O–H groups in total. The molecule has 2 rings (SSSR count). The minimum absolute atomic E-state index is 0.0661. The molecule has 0 amide bonds. The smallest absolute Gasteiger partial charge is 0.233 e. The van der Waals surface area contributed by atoms with Gasteiger partial charge in [0.15, 0.2) is 11.6 Å². The zero-order chi connectivity index (χ0) is 13.8. The van der Waals surface area contributed by atoms with Crippen LogP contribution >= 0.6 is 0 Å². The Balaban J connectivity index is 2.14. The van der Waals surface area contributed by atoms with Gasteiger partial charge in [0.05, 0.1) is 12.5 Å². The molecule has 2 aromatic rings. The zero-order valence-corrected chi connectivity index (χ0v) is 10.8. The number of nitrogens with zero attached hydrogens (tertiary/aromatic N) is 2. The van der Waals surface area contributed by atoms with Crippen molar-refractivity contribution in [2.24, 2.45) is 0 Å². The van der Waals surface area contributed by atoms with Crippen LogP contribution in [0, 0.1) is 11.6 Å². The summed E-state index contributed by atoms with van der Waals surface area (Å²) < 4.78 is 32.0. The Hall–Kier alpha value is -1.82. The number of benzene rings is 1. The van der Waals surface area contributed by atoms with Crippen LogP contribution < -0.4 is 5.32 Å². The predicted molar refractivity (Wildman–Crippen MR) is 65.6 cm³/mol. The van der Waals surface area contributed by atoms with Crippen LogP contribution in [0.2, 0.25) is 0 Å². The summed E-state index contributed by atoms with van der Waals surface area (Å²) in [5, 5.41) is 10.9. The van der Waals surface area contributed by atoms with E-state index in [2.05, 4.69) is 15.5 Å². The lowest BCUT2D eigenvalue weighted by molar-refractivity contribution is 0.399. The Labute approximate surface area is 109 Å². The zero-order valence-electron chi connectivity index (χ0n) is 10.8. The first kappa shape index (κ1) is 13.6.